The summed E-state index contributed by atoms with van der Waals surface area (Å²) in [6.07, 6.45) is 11.4. The minimum atomic E-state index is -0.373. The second-order valence-corrected chi connectivity index (χ2v) is 11.9. The molecular weight excluding hydrogens is 524 g/mol. The van der Waals surface area contributed by atoms with Gasteiger partial charge in [-0.3, -0.25) is 24.2 Å². The molecule has 0 amide bonds. The van der Waals surface area contributed by atoms with Crippen LogP contribution >= 0.6 is 0 Å². The van der Waals surface area contributed by atoms with Crippen molar-refractivity contribution in [3.63, 3.8) is 0 Å². The molecule has 0 N–H and O–H groups in total. The molecule has 2 aliphatic heterocycles. The zero-order valence-electron chi connectivity index (χ0n) is 26.2. The van der Waals surface area contributed by atoms with Gasteiger partial charge in [-0.2, -0.15) is 0 Å². The van der Waals surface area contributed by atoms with Gasteiger partial charge in [0.1, 0.15) is 5.78 Å². The maximum Gasteiger partial charge on any atom is 0.308 e. The van der Waals surface area contributed by atoms with Crippen LogP contribution in [0.1, 0.15) is 105 Å². The first-order chi connectivity index (χ1) is 19.8. The molecule has 9 nitrogen and oxygen atoms in total. The molecule has 41 heavy (non-hydrogen) atoms. The zero-order valence-corrected chi connectivity index (χ0v) is 26.2. The third-order valence-electron chi connectivity index (χ3n) is 9.40. The largest absolute Gasteiger partial charge is 0.466 e. The monoisotopic (exact) mass is 580 g/mol. The number of nitrogens with zero attached hydrogens (tertiary/aromatic N) is 2. The van der Waals surface area contributed by atoms with E-state index in [-0.39, 0.29) is 29.6 Å². The maximum absolute atomic E-state index is 11.8. The summed E-state index contributed by atoms with van der Waals surface area (Å²) in [5.74, 6) is 0.212. The molecule has 236 valence electrons. The van der Waals surface area contributed by atoms with Crippen molar-refractivity contribution in [1.29, 1.82) is 0 Å². The van der Waals surface area contributed by atoms with Crippen molar-refractivity contribution in [2.45, 2.75) is 123 Å². The van der Waals surface area contributed by atoms with Crippen LogP contribution in [0.5, 0.6) is 0 Å². The Labute approximate surface area is 247 Å². The topological polar surface area (TPSA) is 94.6 Å². The predicted molar refractivity (Wildman–Crippen MR) is 157 cm³/mol. The minimum absolute atomic E-state index is 0.00342. The Morgan fingerprint density at radius 2 is 1.02 bits per heavy atom. The van der Waals surface area contributed by atoms with Gasteiger partial charge in [-0.15, -0.1) is 0 Å². The molecule has 0 aromatic heterocycles. The highest BCUT2D eigenvalue weighted by molar-refractivity contribution is 5.79. The number of rotatable bonds is 10. The molecule has 0 unspecified atom stereocenters. The lowest BCUT2D eigenvalue weighted by Gasteiger charge is -2.45. The lowest BCUT2D eigenvalue weighted by atomic mass is 9.84. The summed E-state index contributed by atoms with van der Waals surface area (Å²) in [6, 6.07) is 1.17. The maximum atomic E-state index is 11.8. The van der Waals surface area contributed by atoms with Gasteiger partial charge in [-0.25, -0.2) is 0 Å². The standard InChI is InChI=1S/C18H33NO4.C14H23NO3/c1-4-21-17(20)15-7-9-16(10-8-15)19-13-11-18(12-14-19,22-5-2)23-6-3;1-2-18-14(17)11-3-5-12(6-4-11)15-9-7-13(16)8-10-15/h15-16H,4-14H2,1-3H3;11-12H,2-10H2,1H3. The van der Waals surface area contributed by atoms with Crippen molar-refractivity contribution in [1.82, 2.24) is 9.80 Å². The highest BCUT2D eigenvalue weighted by Crippen LogP contribution is 2.34. The molecule has 0 radical (unpaired) electrons. The average Bonchev–Trinajstić information content (AvgIpc) is 2.99. The summed E-state index contributed by atoms with van der Waals surface area (Å²) in [5, 5.41) is 0. The number of carbonyl (C=O) groups is 3. The van der Waals surface area contributed by atoms with E-state index >= 15 is 0 Å². The lowest BCUT2D eigenvalue weighted by molar-refractivity contribution is -0.255. The summed E-state index contributed by atoms with van der Waals surface area (Å²) in [7, 11) is 0. The lowest BCUT2D eigenvalue weighted by Crippen LogP contribution is -2.51. The van der Waals surface area contributed by atoms with Gasteiger partial charge in [-0.05, 0) is 79.1 Å². The molecule has 2 saturated heterocycles. The Bertz CT molecular complexity index is 780. The molecule has 2 heterocycles. The van der Waals surface area contributed by atoms with Crippen molar-refractivity contribution in [3.05, 3.63) is 0 Å². The first-order valence-corrected chi connectivity index (χ1v) is 16.5. The summed E-state index contributed by atoms with van der Waals surface area (Å²) in [5.41, 5.74) is 0. The number of esters is 2. The highest BCUT2D eigenvalue weighted by Gasteiger charge is 2.39. The Morgan fingerprint density at radius 1 is 0.634 bits per heavy atom. The highest BCUT2D eigenvalue weighted by atomic mass is 16.7. The molecule has 0 atom stereocenters. The van der Waals surface area contributed by atoms with Crippen molar-refractivity contribution < 1.29 is 33.3 Å². The van der Waals surface area contributed by atoms with E-state index in [9.17, 15) is 14.4 Å². The van der Waals surface area contributed by atoms with Gasteiger partial charge in [0.15, 0.2) is 5.79 Å². The second-order valence-electron chi connectivity index (χ2n) is 11.9. The van der Waals surface area contributed by atoms with E-state index in [0.29, 0.717) is 57.1 Å². The van der Waals surface area contributed by atoms with Gasteiger partial charge >= 0.3 is 11.9 Å². The van der Waals surface area contributed by atoms with Crippen LogP contribution in [0.3, 0.4) is 0 Å². The molecule has 0 aromatic rings. The van der Waals surface area contributed by atoms with Gasteiger partial charge in [0.05, 0.1) is 25.0 Å². The van der Waals surface area contributed by atoms with Crippen LogP contribution in [-0.2, 0) is 33.3 Å². The molecule has 0 spiro atoms. The SMILES string of the molecule is CCOC(=O)C1CCC(N2CCC(=O)CC2)CC1.CCOC(=O)C1CCC(N2CCC(OCC)(OCC)CC2)CC1. The van der Waals surface area contributed by atoms with E-state index in [4.69, 9.17) is 18.9 Å². The number of ketones is 1. The minimum Gasteiger partial charge on any atom is -0.466 e. The van der Waals surface area contributed by atoms with Crippen LogP contribution in [0.2, 0.25) is 0 Å². The Hall–Kier alpha value is -1.55. The fraction of sp³-hybridized carbons (Fsp3) is 0.906. The number of piperidine rings is 2. The molecule has 0 bridgehead atoms. The fourth-order valence-electron chi connectivity index (χ4n) is 7.10. The van der Waals surface area contributed by atoms with Crippen LogP contribution in [0.15, 0.2) is 0 Å². The van der Waals surface area contributed by atoms with E-state index in [1.54, 1.807) is 0 Å². The first kappa shape index (κ1) is 33.9. The fourth-order valence-corrected chi connectivity index (χ4v) is 7.10. The average molecular weight is 581 g/mol. The van der Waals surface area contributed by atoms with E-state index in [2.05, 4.69) is 9.80 Å². The smallest absolute Gasteiger partial charge is 0.308 e. The van der Waals surface area contributed by atoms with E-state index in [1.165, 1.54) is 0 Å². The molecular formula is C32H56N2O7. The van der Waals surface area contributed by atoms with Crippen LogP contribution in [-0.4, -0.2) is 98.0 Å². The first-order valence-electron chi connectivity index (χ1n) is 16.5. The van der Waals surface area contributed by atoms with Crippen molar-refractivity contribution in [3.8, 4) is 0 Å². The molecule has 2 saturated carbocycles. The van der Waals surface area contributed by atoms with Crippen molar-refractivity contribution in [2.75, 3.05) is 52.6 Å². The molecule has 2 aliphatic carbocycles. The number of ether oxygens (including phenoxy) is 4. The number of hydrogen-bond acceptors (Lipinski definition) is 9. The summed E-state index contributed by atoms with van der Waals surface area (Å²) in [4.78, 5) is 39.7. The molecule has 4 fully saturated rings. The van der Waals surface area contributed by atoms with Crippen LogP contribution in [0, 0.1) is 11.8 Å². The Balaban J connectivity index is 0.000000232. The normalized spacial score (nSPS) is 29.2. The summed E-state index contributed by atoms with van der Waals surface area (Å²) < 4.78 is 22.1. The summed E-state index contributed by atoms with van der Waals surface area (Å²) in [6.45, 7) is 14.0. The molecule has 0 aromatic carbocycles. The Morgan fingerprint density at radius 3 is 1.39 bits per heavy atom. The van der Waals surface area contributed by atoms with E-state index in [0.717, 1.165) is 90.4 Å². The van der Waals surface area contributed by atoms with Gasteiger partial charge in [-0.1, -0.05) is 0 Å². The zero-order chi connectivity index (χ0) is 29.7. The van der Waals surface area contributed by atoms with Gasteiger partial charge < -0.3 is 18.9 Å². The van der Waals surface area contributed by atoms with Gasteiger partial charge in [0.25, 0.3) is 0 Å². The van der Waals surface area contributed by atoms with Crippen molar-refractivity contribution >= 4 is 17.7 Å². The third-order valence-corrected chi connectivity index (χ3v) is 9.40. The molecule has 9 heteroatoms. The third kappa shape index (κ3) is 10.3. The molecule has 4 aliphatic rings. The van der Waals surface area contributed by atoms with Gasteiger partial charge in [0.2, 0.25) is 0 Å². The predicted octanol–water partition coefficient (Wildman–Crippen LogP) is 4.75. The number of hydrogen-bond donors (Lipinski definition) is 0. The Kier molecular flexibility index (Phi) is 14.5. The van der Waals surface area contributed by atoms with Crippen LogP contribution < -0.4 is 0 Å². The molecule has 4 rings (SSSR count). The summed E-state index contributed by atoms with van der Waals surface area (Å²) >= 11 is 0. The number of likely N-dealkylation sites (tertiary alicyclic amines) is 2. The van der Waals surface area contributed by atoms with Gasteiger partial charge in [0, 0.05) is 77.2 Å². The number of carbonyl (C=O) groups excluding carboxylic acids is 3. The quantitative estimate of drug-likeness (QED) is 0.268. The van der Waals surface area contributed by atoms with Crippen LogP contribution in [0.4, 0.5) is 0 Å². The van der Waals surface area contributed by atoms with E-state index in [1.807, 2.05) is 27.7 Å². The van der Waals surface area contributed by atoms with Crippen LogP contribution in [0.25, 0.3) is 0 Å². The van der Waals surface area contributed by atoms with Crippen molar-refractivity contribution in [2.24, 2.45) is 11.8 Å². The second kappa shape index (κ2) is 17.5. The van der Waals surface area contributed by atoms with E-state index < -0.39 is 0 Å². The number of Topliss-reactive ketones (excluding diaryl/α,β-unsaturated/α-hetero) is 1.